The van der Waals surface area contributed by atoms with Gasteiger partial charge in [0.25, 0.3) is 0 Å². The van der Waals surface area contributed by atoms with Crippen LogP contribution in [0.25, 0.3) is 0 Å². The maximum atomic E-state index is 12.5. The van der Waals surface area contributed by atoms with E-state index in [9.17, 15) is 9.59 Å². The third-order valence-corrected chi connectivity index (χ3v) is 4.33. The molecule has 2 rings (SSSR count). The number of hydrogen-bond acceptors (Lipinski definition) is 4. The summed E-state index contributed by atoms with van der Waals surface area (Å²) in [7, 11) is 1.57. The van der Waals surface area contributed by atoms with Crippen LogP contribution in [0.2, 0.25) is 5.02 Å². The highest BCUT2D eigenvalue weighted by Gasteiger charge is 2.23. The van der Waals surface area contributed by atoms with Gasteiger partial charge in [0.2, 0.25) is 5.91 Å². The fraction of sp³-hybridized carbons (Fsp3) is 0.529. The first-order valence-electron chi connectivity index (χ1n) is 8.07. The van der Waals surface area contributed by atoms with Crippen molar-refractivity contribution >= 4 is 23.6 Å². The standard InChI is InChI=1S/C17H23ClN2O4/c1-3-24-17(22)20-8-4-7-19(9-10-20)16(21)11-13-5-6-14(23-2)12-15(13)18/h5-6,12H,3-4,7-11H2,1-2H3. The Morgan fingerprint density at radius 3 is 2.54 bits per heavy atom. The molecule has 0 aromatic heterocycles. The maximum absolute atomic E-state index is 12.5. The molecule has 0 saturated carbocycles. The number of hydrogen-bond donors (Lipinski definition) is 0. The maximum Gasteiger partial charge on any atom is 0.409 e. The molecule has 0 unspecified atom stereocenters. The molecule has 0 spiro atoms. The minimum absolute atomic E-state index is 0.00720. The van der Waals surface area contributed by atoms with E-state index in [1.165, 1.54) is 0 Å². The number of ether oxygens (including phenoxy) is 2. The van der Waals surface area contributed by atoms with Crippen molar-refractivity contribution in [1.82, 2.24) is 9.80 Å². The number of carbonyl (C=O) groups excluding carboxylic acids is 2. The van der Waals surface area contributed by atoms with Gasteiger partial charge in [-0.25, -0.2) is 4.79 Å². The Morgan fingerprint density at radius 1 is 1.17 bits per heavy atom. The van der Waals surface area contributed by atoms with Crippen molar-refractivity contribution in [3.63, 3.8) is 0 Å². The summed E-state index contributed by atoms with van der Waals surface area (Å²) in [5, 5.41) is 0.519. The number of halogens is 1. The summed E-state index contributed by atoms with van der Waals surface area (Å²) in [5.74, 6) is 0.670. The molecule has 0 N–H and O–H groups in total. The molecule has 1 aromatic rings. The molecule has 0 aliphatic carbocycles. The van der Waals surface area contributed by atoms with Gasteiger partial charge in [-0.1, -0.05) is 17.7 Å². The SMILES string of the molecule is CCOC(=O)N1CCCN(C(=O)Cc2ccc(OC)cc2Cl)CC1. The van der Waals surface area contributed by atoms with Crippen LogP contribution in [0.5, 0.6) is 5.75 Å². The highest BCUT2D eigenvalue weighted by molar-refractivity contribution is 6.31. The molecule has 0 radical (unpaired) electrons. The van der Waals surface area contributed by atoms with Crippen molar-refractivity contribution in [2.24, 2.45) is 0 Å². The van der Waals surface area contributed by atoms with Gasteiger partial charge in [-0.15, -0.1) is 0 Å². The Labute approximate surface area is 147 Å². The van der Waals surface area contributed by atoms with Crippen molar-refractivity contribution in [2.75, 3.05) is 39.9 Å². The lowest BCUT2D eigenvalue weighted by Crippen LogP contribution is -2.38. The van der Waals surface area contributed by atoms with E-state index in [0.717, 1.165) is 12.0 Å². The van der Waals surface area contributed by atoms with Crippen molar-refractivity contribution in [3.8, 4) is 5.75 Å². The minimum atomic E-state index is -0.315. The van der Waals surface area contributed by atoms with Crippen molar-refractivity contribution in [3.05, 3.63) is 28.8 Å². The van der Waals surface area contributed by atoms with Gasteiger partial charge in [0.05, 0.1) is 20.1 Å². The highest BCUT2D eigenvalue weighted by atomic mass is 35.5. The molecule has 7 heteroatoms. The second kappa shape index (κ2) is 8.78. The Morgan fingerprint density at radius 2 is 1.88 bits per heavy atom. The molecule has 1 aliphatic rings. The molecule has 0 atom stereocenters. The van der Waals surface area contributed by atoms with E-state index in [2.05, 4.69) is 0 Å². The number of rotatable bonds is 4. The van der Waals surface area contributed by atoms with Gasteiger partial charge in [0.15, 0.2) is 0 Å². The van der Waals surface area contributed by atoms with Gasteiger partial charge >= 0.3 is 6.09 Å². The summed E-state index contributed by atoms with van der Waals surface area (Å²) >= 11 is 6.20. The van der Waals surface area contributed by atoms with Crippen LogP contribution >= 0.6 is 11.6 Å². The average Bonchev–Trinajstić information content (AvgIpc) is 2.83. The van der Waals surface area contributed by atoms with Gasteiger partial charge in [-0.3, -0.25) is 4.79 Å². The van der Waals surface area contributed by atoms with Crippen LogP contribution in [0, 0.1) is 0 Å². The van der Waals surface area contributed by atoms with Crippen LogP contribution < -0.4 is 4.74 Å². The summed E-state index contributed by atoms with van der Waals surface area (Å²) < 4.78 is 10.1. The first kappa shape index (κ1) is 18.4. The molecule has 1 aromatic carbocycles. The van der Waals surface area contributed by atoms with Crippen LogP contribution in [-0.2, 0) is 16.0 Å². The quantitative estimate of drug-likeness (QED) is 0.833. The summed E-state index contributed by atoms with van der Waals surface area (Å²) in [6, 6.07) is 5.30. The Hall–Kier alpha value is -1.95. The van der Waals surface area contributed by atoms with E-state index < -0.39 is 0 Å². The Bertz CT molecular complexity index is 594. The lowest BCUT2D eigenvalue weighted by atomic mass is 10.1. The highest BCUT2D eigenvalue weighted by Crippen LogP contribution is 2.23. The molecular formula is C17H23ClN2O4. The van der Waals surface area contributed by atoms with Crippen LogP contribution in [0.15, 0.2) is 18.2 Å². The average molecular weight is 355 g/mol. The second-order valence-corrected chi connectivity index (χ2v) is 5.96. The van der Waals surface area contributed by atoms with Gasteiger partial charge < -0.3 is 19.3 Å². The molecule has 1 saturated heterocycles. The topological polar surface area (TPSA) is 59.1 Å². The zero-order chi connectivity index (χ0) is 17.5. The smallest absolute Gasteiger partial charge is 0.409 e. The van der Waals surface area contributed by atoms with E-state index in [0.29, 0.717) is 43.6 Å². The second-order valence-electron chi connectivity index (χ2n) is 5.55. The van der Waals surface area contributed by atoms with E-state index in [4.69, 9.17) is 21.1 Å². The summed E-state index contributed by atoms with van der Waals surface area (Å²) in [6.45, 7) is 4.36. The summed E-state index contributed by atoms with van der Waals surface area (Å²) in [6.07, 6.45) is 0.661. The van der Waals surface area contributed by atoms with Crippen LogP contribution in [0.3, 0.4) is 0 Å². The minimum Gasteiger partial charge on any atom is -0.497 e. The number of methoxy groups -OCH3 is 1. The lowest BCUT2D eigenvalue weighted by Gasteiger charge is -2.22. The van der Waals surface area contributed by atoms with Crippen LogP contribution in [0.4, 0.5) is 4.79 Å². The van der Waals surface area contributed by atoms with E-state index in [1.807, 2.05) is 6.07 Å². The molecule has 2 amide bonds. The molecular weight excluding hydrogens is 332 g/mol. The number of carbonyl (C=O) groups is 2. The fourth-order valence-electron chi connectivity index (χ4n) is 2.64. The molecule has 1 aliphatic heterocycles. The number of nitrogens with zero attached hydrogens (tertiary/aromatic N) is 2. The van der Waals surface area contributed by atoms with Gasteiger partial charge in [-0.2, -0.15) is 0 Å². The van der Waals surface area contributed by atoms with Crippen molar-refractivity contribution in [2.45, 2.75) is 19.8 Å². The Balaban J connectivity index is 1.94. The summed E-state index contributed by atoms with van der Waals surface area (Å²) in [4.78, 5) is 27.8. The van der Waals surface area contributed by atoms with E-state index in [1.54, 1.807) is 36.0 Å². The summed E-state index contributed by atoms with van der Waals surface area (Å²) in [5.41, 5.74) is 0.772. The monoisotopic (exact) mass is 354 g/mol. The lowest BCUT2D eigenvalue weighted by molar-refractivity contribution is -0.130. The largest absolute Gasteiger partial charge is 0.497 e. The van der Waals surface area contributed by atoms with Gasteiger partial charge in [-0.05, 0) is 31.0 Å². The number of amides is 2. The zero-order valence-electron chi connectivity index (χ0n) is 14.1. The van der Waals surface area contributed by atoms with Gasteiger partial charge in [0.1, 0.15) is 5.75 Å². The molecule has 132 valence electrons. The Kier molecular flexibility index (Phi) is 6.73. The third-order valence-electron chi connectivity index (χ3n) is 3.98. The van der Waals surface area contributed by atoms with E-state index in [-0.39, 0.29) is 18.4 Å². The molecule has 6 nitrogen and oxygen atoms in total. The predicted molar refractivity (Wildman–Crippen MR) is 91.5 cm³/mol. The molecule has 1 fully saturated rings. The van der Waals surface area contributed by atoms with Crippen molar-refractivity contribution in [1.29, 1.82) is 0 Å². The zero-order valence-corrected chi connectivity index (χ0v) is 14.8. The van der Waals surface area contributed by atoms with Crippen molar-refractivity contribution < 1.29 is 19.1 Å². The molecule has 1 heterocycles. The fourth-order valence-corrected chi connectivity index (χ4v) is 2.87. The predicted octanol–water partition coefficient (Wildman–Crippen LogP) is 2.58. The van der Waals surface area contributed by atoms with Crippen LogP contribution in [0.1, 0.15) is 18.9 Å². The molecule has 24 heavy (non-hydrogen) atoms. The third kappa shape index (κ3) is 4.77. The van der Waals surface area contributed by atoms with E-state index >= 15 is 0 Å². The van der Waals surface area contributed by atoms with Gasteiger partial charge in [0, 0.05) is 31.2 Å². The first-order valence-corrected chi connectivity index (χ1v) is 8.44. The first-order chi connectivity index (χ1) is 11.5. The molecule has 0 bridgehead atoms. The normalized spacial score (nSPS) is 15.0. The number of benzene rings is 1. The van der Waals surface area contributed by atoms with Crippen LogP contribution in [-0.4, -0.2) is 61.7 Å².